The van der Waals surface area contributed by atoms with E-state index in [0.29, 0.717) is 19.3 Å². The molecule has 3 saturated heterocycles. The van der Waals surface area contributed by atoms with Gasteiger partial charge >= 0.3 is 5.97 Å². The number of aliphatic hydroxyl groups is 2. The van der Waals surface area contributed by atoms with Crippen molar-refractivity contribution in [3.63, 3.8) is 0 Å². The average Bonchev–Trinajstić information content (AvgIpc) is 2.92. The van der Waals surface area contributed by atoms with E-state index in [9.17, 15) is 19.8 Å². The van der Waals surface area contributed by atoms with Gasteiger partial charge in [-0.1, -0.05) is 20.8 Å². The maximum atomic E-state index is 13.3. The molecule has 0 aromatic rings. The lowest BCUT2D eigenvalue weighted by atomic mass is 9.55. The summed E-state index contributed by atoms with van der Waals surface area (Å²) in [7, 11) is 0. The van der Waals surface area contributed by atoms with Gasteiger partial charge in [0.15, 0.2) is 11.2 Å². The molecule has 0 aromatic carbocycles. The van der Waals surface area contributed by atoms with Crippen LogP contribution in [0.15, 0.2) is 11.3 Å². The SMILES string of the molecule is CC1CC(C)C(O)=C2C(=O)OC34CC(C)C5(C)OC23C(CC4C5O)C1=O. The Morgan fingerprint density at radius 3 is 2.50 bits per heavy atom. The van der Waals surface area contributed by atoms with E-state index >= 15 is 0 Å². The zero-order valence-corrected chi connectivity index (χ0v) is 15.6. The summed E-state index contributed by atoms with van der Waals surface area (Å²) in [6.07, 6.45) is 0.660. The molecule has 6 aliphatic rings. The number of fused-ring (bicyclic) bond motifs is 1. The van der Waals surface area contributed by atoms with E-state index in [1.165, 1.54) is 0 Å². The van der Waals surface area contributed by atoms with Crippen molar-refractivity contribution in [2.75, 3.05) is 0 Å². The van der Waals surface area contributed by atoms with Gasteiger partial charge in [-0.3, -0.25) is 4.79 Å². The van der Waals surface area contributed by atoms with Crippen molar-refractivity contribution in [3.05, 3.63) is 11.3 Å². The van der Waals surface area contributed by atoms with Gasteiger partial charge in [0.1, 0.15) is 17.1 Å². The van der Waals surface area contributed by atoms with Crippen LogP contribution in [0.25, 0.3) is 0 Å². The van der Waals surface area contributed by atoms with Crippen LogP contribution in [0.2, 0.25) is 0 Å². The van der Waals surface area contributed by atoms with Gasteiger partial charge in [-0.15, -0.1) is 0 Å². The summed E-state index contributed by atoms with van der Waals surface area (Å²) in [5, 5.41) is 22.0. The van der Waals surface area contributed by atoms with Gasteiger partial charge in [-0.25, -0.2) is 4.79 Å². The molecule has 3 aliphatic heterocycles. The Labute approximate surface area is 152 Å². The number of Topliss-reactive ketones (excluding diaryl/α,β-unsaturated/α-hetero) is 1. The highest BCUT2D eigenvalue weighted by molar-refractivity contribution is 5.99. The van der Waals surface area contributed by atoms with Gasteiger partial charge < -0.3 is 19.7 Å². The lowest BCUT2D eigenvalue weighted by Crippen LogP contribution is -2.76. The Balaban J connectivity index is 1.85. The molecule has 5 fully saturated rings. The number of rotatable bonds is 0. The lowest BCUT2D eigenvalue weighted by Gasteiger charge is -2.63. The molecule has 0 aromatic heterocycles. The zero-order valence-electron chi connectivity index (χ0n) is 15.6. The van der Waals surface area contributed by atoms with E-state index in [-0.39, 0.29) is 40.8 Å². The van der Waals surface area contributed by atoms with Gasteiger partial charge in [0.05, 0.1) is 17.6 Å². The molecule has 2 N–H and O–H groups in total. The van der Waals surface area contributed by atoms with Crippen LogP contribution in [0.4, 0.5) is 0 Å². The zero-order chi connectivity index (χ0) is 18.8. The van der Waals surface area contributed by atoms with Crippen LogP contribution in [0.5, 0.6) is 0 Å². The minimum absolute atomic E-state index is 0.00447. The number of aliphatic hydroxyl groups excluding tert-OH is 2. The number of hydrogen-bond acceptors (Lipinski definition) is 6. The first-order valence-corrected chi connectivity index (χ1v) is 9.69. The largest absolute Gasteiger partial charge is 0.511 e. The Kier molecular flexibility index (Phi) is 2.92. The molecule has 9 unspecified atom stereocenters. The smallest absolute Gasteiger partial charge is 0.341 e. The van der Waals surface area contributed by atoms with Crippen molar-refractivity contribution in [2.24, 2.45) is 29.6 Å². The quantitative estimate of drug-likeness (QED) is 0.640. The van der Waals surface area contributed by atoms with E-state index in [1.54, 1.807) is 0 Å². The number of carbonyl (C=O) groups excluding carboxylic acids is 2. The molecule has 4 bridgehead atoms. The van der Waals surface area contributed by atoms with Crippen LogP contribution in [-0.2, 0) is 19.1 Å². The van der Waals surface area contributed by atoms with Gasteiger partial charge in [0, 0.05) is 17.8 Å². The van der Waals surface area contributed by atoms with Crippen LogP contribution in [0, 0.1) is 29.6 Å². The Hall–Kier alpha value is -1.40. The van der Waals surface area contributed by atoms with Crippen molar-refractivity contribution in [1.82, 2.24) is 0 Å². The summed E-state index contributed by atoms with van der Waals surface area (Å²) in [5.41, 5.74) is -3.05. The number of ketones is 1. The standard InChI is InChI=1S/C20H26O6/c1-8-5-9(2)15(22)13-17(24)25-19-7-10(3)18(4)16(23)12(19)6-11(14(8)21)20(13,19)26-18/h8-12,16,22-23H,5-7H2,1-4H3. The molecule has 3 aliphatic carbocycles. The monoisotopic (exact) mass is 362 g/mol. The Morgan fingerprint density at radius 2 is 1.81 bits per heavy atom. The summed E-state index contributed by atoms with van der Waals surface area (Å²) in [5.74, 6) is -2.04. The molecule has 0 radical (unpaired) electrons. The molecule has 2 spiro atoms. The molecule has 26 heavy (non-hydrogen) atoms. The van der Waals surface area contributed by atoms with Crippen molar-refractivity contribution in [1.29, 1.82) is 0 Å². The summed E-state index contributed by atoms with van der Waals surface area (Å²) in [6, 6.07) is 0. The van der Waals surface area contributed by atoms with Gasteiger partial charge in [-0.05, 0) is 32.1 Å². The first-order chi connectivity index (χ1) is 12.1. The van der Waals surface area contributed by atoms with E-state index in [0.717, 1.165) is 0 Å². The maximum Gasteiger partial charge on any atom is 0.341 e. The molecule has 142 valence electrons. The highest BCUT2D eigenvalue weighted by Gasteiger charge is 2.86. The highest BCUT2D eigenvalue weighted by Crippen LogP contribution is 2.73. The Bertz CT molecular complexity index is 772. The third kappa shape index (κ3) is 1.44. The van der Waals surface area contributed by atoms with Crippen molar-refractivity contribution in [2.45, 2.75) is 69.9 Å². The van der Waals surface area contributed by atoms with Gasteiger partial charge in [0.2, 0.25) is 0 Å². The van der Waals surface area contributed by atoms with Crippen LogP contribution < -0.4 is 0 Å². The highest BCUT2D eigenvalue weighted by atomic mass is 16.6. The van der Waals surface area contributed by atoms with E-state index in [2.05, 4.69) is 0 Å². The minimum Gasteiger partial charge on any atom is -0.511 e. The summed E-state index contributed by atoms with van der Waals surface area (Å²) >= 11 is 0. The van der Waals surface area contributed by atoms with Crippen molar-refractivity contribution >= 4 is 11.8 Å². The van der Waals surface area contributed by atoms with Gasteiger partial charge in [-0.2, -0.15) is 0 Å². The van der Waals surface area contributed by atoms with E-state index in [4.69, 9.17) is 9.47 Å². The third-order valence-electron chi connectivity index (χ3n) is 8.25. The Morgan fingerprint density at radius 1 is 1.12 bits per heavy atom. The van der Waals surface area contributed by atoms with Crippen molar-refractivity contribution in [3.8, 4) is 0 Å². The van der Waals surface area contributed by atoms with E-state index in [1.807, 2.05) is 27.7 Å². The van der Waals surface area contributed by atoms with Crippen LogP contribution in [-0.4, -0.2) is 44.9 Å². The molecular formula is C20H26O6. The fraction of sp³-hybridized carbons (Fsp3) is 0.800. The fourth-order valence-corrected chi connectivity index (χ4v) is 6.84. The number of carbonyl (C=O) groups is 2. The number of hydrogen-bond donors (Lipinski definition) is 2. The van der Waals surface area contributed by atoms with Crippen LogP contribution in [0.1, 0.15) is 47.0 Å². The molecule has 9 atom stereocenters. The first kappa shape index (κ1) is 16.8. The molecule has 3 heterocycles. The van der Waals surface area contributed by atoms with Crippen LogP contribution in [0.3, 0.4) is 0 Å². The predicted molar refractivity (Wildman–Crippen MR) is 90.0 cm³/mol. The first-order valence-electron chi connectivity index (χ1n) is 9.69. The summed E-state index contributed by atoms with van der Waals surface area (Å²) < 4.78 is 12.5. The number of allylic oxidation sites excluding steroid dienone is 1. The molecule has 2 saturated carbocycles. The van der Waals surface area contributed by atoms with Crippen LogP contribution >= 0.6 is 0 Å². The predicted octanol–water partition coefficient (Wildman–Crippen LogP) is 1.90. The summed E-state index contributed by atoms with van der Waals surface area (Å²) in [4.78, 5) is 26.3. The lowest BCUT2D eigenvalue weighted by molar-refractivity contribution is -0.341. The maximum absolute atomic E-state index is 13.3. The molecule has 0 amide bonds. The molecule has 6 heteroatoms. The molecule has 6 rings (SSSR count). The molecule has 6 nitrogen and oxygen atoms in total. The second kappa shape index (κ2) is 4.53. The van der Waals surface area contributed by atoms with Gasteiger partial charge in [0.25, 0.3) is 0 Å². The normalized spacial score (nSPS) is 57.7. The number of ether oxygens (including phenoxy) is 2. The topological polar surface area (TPSA) is 93.1 Å². The second-order valence-electron chi connectivity index (χ2n) is 9.45. The third-order valence-corrected chi connectivity index (χ3v) is 8.25. The summed E-state index contributed by atoms with van der Waals surface area (Å²) in [6.45, 7) is 7.55. The fourth-order valence-electron chi connectivity index (χ4n) is 6.84. The van der Waals surface area contributed by atoms with Crippen molar-refractivity contribution < 1.29 is 29.3 Å². The molecular weight excluding hydrogens is 336 g/mol. The second-order valence-corrected chi connectivity index (χ2v) is 9.45. The minimum atomic E-state index is -1.26. The van der Waals surface area contributed by atoms with E-state index < -0.39 is 34.8 Å². The number of esters is 1. The average molecular weight is 362 g/mol.